The van der Waals surface area contributed by atoms with E-state index in [0.717, 1.165) is 44.0 Å². The average Bonchev–Trinajstić information content (AvgIpc) is 2.83. The van der Waals surface area contributed by atoms with Gasteiger partial charge in [0.05, 0.1) is 13.2 Å². The first-order valence-electron chi connectivity index (χ1n) is 7.35. The highest BCUT2D eigenvalue weighted by molar-refractivity contribution is 5.43. The van der Waals surface area contributed by atoms with Crippen molar-refractivity contribution in [3.05, 3.63) is 23.8 Å². The first kappa shape index (κ1) is 15.1. The van der Waals surface area contributed by atoms with Crippen molar-refractivity contribution in [1.29, 1.82) is 0 Å². The second kappa shape index (κ2) is 7.50. The summed E-state index contributed by atoms with van der Waals surface area (Å²) >= 11 is 0. The summed E-state index contributed by atoms with van der Waals surface area (Å²) in [7, 11) is 1.69. The van der Waals surface area contributed by atoms with Crippen molar-refractivity contribution in [1.82, 2.24) is 5.32 Å². The maximum absolute atomic E-state index is 5.90. The van der Waals surface area contributed by atoms with Crippen LogP contribution in [0.5, 0.6) is 11.5 Å². The van der Waals surface area contributed by atoms with E-state index < -0.39 is 0 Å². The largest absolute Gasteiger partial charge is 0.497 e. The zero-order chi connectivity index (χ0) is 14.4. The molecule has 112 valence electrons. The lowest BCUT2D eigenvalue weighted by Crippen LogP contribution is -2.31. The molecule has 1 atom stereocenters. The minimum atomic E-state index is 0.225. The third kappa shape index (κ3) is 4.39. The maximum Gasteiger partial charge on any atom is 0.123 e. The molecule has 0 radical (unpaired) electrons. The summed E-state index contributed by atoms with van der Waals surface area (Å²) in [6.07, 6.45) is 2.52. The van der Waals surface area contributed by atoms with Crippen molar-refractivity contribution in [3.63, 3.8) is 0 Å². The lowest BCUT2D eigenvalue weighted by Gasteiger charge is -2.12. The first-order valence-corrected chi connectivity index (χ1v) is 7.35. The van der Waals surface area contributed by atoms with Gasteiger partial charge in [-0.15, -0.1) is 0 Å². The van der Waals surface area contributed by atoms with Gasteiger partial charge < -0.3 is 19.5 Å². The minimum absolute atomic E-state index is 0.225. The Hall–Kier alpha value is -1.26. The molecule has 2 rings (SSSR count). The van der Waals surface area contributed by atoms with E-state index in [1.165, 1.54) is 5.56 Å². The molecule has 1 N–H and O–H groups in total. The van der Waals surface area contributed by atoms with Crippen LogP contribution in [0, 0.1) is 0 Å². The van der Waals surface area contributed by atoms with E-state index in [1.807, 2.05) is 12.1 Å². The predicted molar refractivity (Wildman–Crippen MR) is 79.7 cm³/mol. The summed E-state index contributed by atoms with van der Waals surface area (Å²) in [5.74, 6) is 1.88. The van der Waals surface area contributed by atoms with Gasteiger partial charge in [0, 0.05) is 25.1 Å². The number of benzene rings is 1. The Balaban J connectivity index is 1.65. The molecule has 0 saturated heterocycles. The smallest absolute Gasteiger partial charge is 0.123 e. The number of fused-ring (bicyclic) bond motifs is 1. The molecule has 0 aliphatic carbocycles. The molecule has 1 aliphatic rings. The fraction of sp³-hybridized carbons (Fsp3) is 0.625. The molecule has 4 nitrogen and oxygen atoms in total. The van der Waals surface area contributed by atoms with E-state index in [2.05, 4.69) is 25.2 Å². The zero-order valence-electron chi connectivity index (χ0n) is 12.6. The molecule has 1 aromatic carbocycles. The van der Waals surface area contributed by atoms with Crippen molar-refractivity contribution in [2.45, 2.75) is 38.9 Å². The van der Waals surface area contributed by atoms with Crippen LogP contribution in [0.15, 0.2) is 18.2 Å². The second-order valence-corrected chi connectivity index (χ2v) is 5.39. The van der Waals surface area contributed by atoms with E-state index in [1.54, 1.807) is 7.11 Å². The summed E-state index contributed by atoms with van der Waals surface area (Å²) in [5, 5.41) is 3.43. The molecule has 1 aromatic rings. The van der Waals surface area contributed by atoms with Gasteiger partial charge in [-0.05, 0) is 45.0 Å². The van der Waals surface area contributed by atoms with Crippen LogP contribution in [0.1, 0.15) is 25.8 Å². The number of hydrogen-bond donors (Lipinski definition) is 1. The van der Waals surface area contributed by atoms with Gasteiger partial charge in [0.2, 0.25) is 0 Å². The fourth-order valence-corrected chi connectivity index (χ4v) is 2.32. The van der Waals surface area contributed by atoms with Gasteiger partial charge in [0.15, 0.2) is 0 Å². The Morgan fingerprint density at radius 3 is 3.00 bits per heavy atom. The van der Waals surface area contributed by atoms with Gasteiger partial charge in [-0.25, -0.2) is 0 Å². The number of hydrogen-bond acceptors (Lipinski definition) is 4. The summed E-state index contributed by atoms with van der Waals surface area (Å²) < 4.78 is 16.6. The maximum atomic E-state index is 5.90. The molecule has 20 heavy (non-hydrogen) atoms. The Kier molecular flexibility index (Phi) is 5.68. The molecule has 4 heteroatoms. The molecular weight excluding hydrogens is 254 g/mol. The average molecular weight is 279 g/mol. The summed E-state index contributed by atoms with van der Waals surface area (Å²) in [6, 6.07) is 5.99. The van der Waals surface area contributed by atoms with Crippen molar-refractivity contribution < 1.29 is 14.2 Å². The van der Waals surface area contributed by atoms with E-state index in [-0.39, 0.29) is 6.10 Å². The lowest BCUT2D eigenvalue weighted by atomic mass is 10.1. The van der Waals surface area contributed by atoms with Crippen LogP contribution in [0.4, 0.5) is 0 Å². The molecule has 0 aromatic heterocycles. The monoisotopic (exact) mass is 279 g/mol. The van der Waals surface area contributed by atoms with Gasteiger partial charge >= 0.3 is 0 Å². The highest BCUT2D eigenvalue weighted by atomic mass is 16.5. The summed E-state index contributed by atoms with van der Waals surface area (Å²) in [5.41, 5.74) is 1.24. The van der Waals surface area contributed by atoms with Crippen molar-refractivity contribution >= 4 is 0 Å². The van der Waals surface area contributed by atoms with Crippen LogP contribution in [-0.2, 0) is 11.2 Å². The van der Waals surface area contributed by atoms with Crippen LogP contribution in [0.2, 0.25) is 0 Å². The summed E-state index contributed by atoms with van der Waals surface area (Å²) in [6.45, 7) is 6.77. The van der Waals surface area contributed by atoms with Gasteiger partial charge in [0.25, 0.3) is 0 Å². The minimum Gasteiger partial charge on any atom is -0.497 e. The molecule has 1 aliphatic heterocycles. The Labute approximate surface area is 121 Å². The van der Waals surface area contributed by atoms with Crippen LogP contribution in [-0.4, -0.2) is 39.0 Å². The Bertz CT molecular complexity index is 420. The highest BCUT2D eigenvalue weighted by Gasteiger charge is 2.22. The van der Waals surface area contributed by atoms with Gasteiger partial charge in [0.1, 0.15) is 17.6 Å². The number of ether oxygens (including phenoxy) is 3. The third-order valence-corrected chi connectivity index (χ3v) is 3.33. The molecular formula is C16H25NO3. The molecule has 1 heterocycles. The van der Waals surface area contributed by atoms with Crippen LogP contribution >= 0.6 is 0 Å². The number of nitrogens with one attached hydrogen (secondary N) is 1. The first-order chi connectivity index (χ1) is 9.69. The van der Waals surface area contributed by atoms with E-state index in [0.29, 0.717) is 6.10 Å². The quantitative estimate of drug-likeness (QED) is 0.742. The Morgan fingerprint density at radius 1 is 1.40 bits per heavy atom. The highest BCUT2D eigenvalue weighted by Crippen LogP contribution is 2.31. The third-order valence-electron chi connectivity index (χ3n) is 3.33. The van der Waals surface area contributed by atoms with Crippen LogP contribution in [0.25, 0.3) is 0 Å². The normalized spacial score (nSPS) is 17.1. The molecule has 0 spiro atoms. The fourth-order valence-electron chi connectivity index (χ4n) is 2.32. The Morgan fingerprint density at radius 2 is 2.25 bits per heavy atom. The lowest BCUT2D eigenvalue weighted by molar-refractivity contribution is 0.0767. The SMILES string of the molecule is COc1ccc2c(c1)CC(CNCCCOC(C)C)O2. The van der Waals surface area contributed by atoms with E-state index in [9.17, 15) is 0 Å². The van der Waals surface area contributed by atoms with Gasteiger partial charge in [-0.1, -0.05) is 0 Å². The molecule has 1 unspecified atom stereocenters. The van der Waals surface area contributed by atoms with E-state index >= 15 is 0 Å². The predicted octanol–water partition coefficient (Wildman–Crippen LogP) is 2.40. The van der Waals surface area contributed by atoms with Crippen molar-refractivity contribution in [2.24, 2.45) is 0 Å². The van der Waals surface area contributed by atoms with E-state index in [4.69, 9.17) is 14.2 Å². The number of methoxy groups -OCH3 is 1. The van der Waals surface area contributed by atoms with Gasteiger partial charge in [-0.2, -0.15) is 0 Å². The van der Waals surface area contributed by atoms with Crippen molar-refractivity contribution in [2.75, 3.05) is 26.8 Å². The second-order valence-electron chi connectivity index (χ2n) is 5.39. The zero-order valence-corrected chi connectivity index (χ0v) is 12.6. The van der Waals surface area contributed by atoms with Crippen LogP contribution in [0.3, 0.4) is 0 Å². The van der Waals surface area contributed by atoms with Crippen molar-refractivity contribution in [3.8, 4) is 11.5 Å². The van der Waals surface area contributed by atoms with Crippen LogP contribution < -0.4 is 14.8 Å². The summed E-state index contributed by atoms with van der Waals surface area (Å²) in [4.78, 5) is 0. The molecule has 0 saturated carbocycles. The molecule has 0 amide bonds. The standard InChI is InChI=1S/C16H25NO3/c1-12(2)19-8-4-7-17-11-15-10-13-9-14(18-3)5-6-16(13)20-15/h5-6,9,12,15,17H,4,7-8,10-11H2,1-3H3. The van der Waals surface area contributed by atoms with Gasteiger partial charge in [-0.3, -0.25) is 0 Å². The number of rotatable bonds is 8. The molecule has 0 fully saturated rings. The molecule has 0 bridgehead atoms. The topological polar surface area (TPSA) is 39.7 Å².